The van der Waals surface area contributed by atoms with Gasteiger partial charge in [-0.2, -0.15) is 0 Å². The number of anilines is 1. The van der Waals surface area contributed by atoms with Crippen LogP contribution in [0.25, 0.3) is 11.4 Å². The Balaban J connectivity index is 1.94. The molecular weight excluding hydrogens is 374 g/mol. The first-order valence-electron chi connectivity index (χ1n) is 9.25. The van der Waals surface area contributed by atoms with Crippen LogP contribution in [0.4, 0.5) is 5.69 Å². The molecule has 3 aromatic rings. The highest BCUT2D eigenvalue weighted by molar-refractivity contribution is 6.30. The summed E-state index contributed by atoms with van der Waals surface area (Å²) in [4.78, 5) is 29.9. The second kappa shape index (κ2) is 8.85. The third kappa shape index (κ3) is 4.67. The Morgan fingerprint density at radius 3 is 2.57 bits per heavy atom. The fourth-order valence-corrected chi connectivity index (χ4v) is 3.14. The number of aromatic nitrogens is 2. The van der Waals surface area contributed by atoms with Crippen LogP contribution in [0.15, 0.2) is 59.4 Å². The number of halogens is 1. The van der Waals surface area contributed by atoms with Crippen LogP contribution < -0.4 is 10.9 Å². The lowest BCUT2D eigenvalue weighted by atomic mass is 10.1. The largest absolute Gasteiger partial charge is 0.325 e. The molecule has 5 nitrogen and oxygen atoms in total. The van der Waals surface area contributed by atoms with Crippen molar-refractivity contribution in [1.82, 2.24) is 9.55 Å². The van der Waals surface area contributed by atoms with E-state index in [-0.39, 0.29) is 18.0 Å². The molecule has 0 saturated carbocycles. The summed E-state index contributed by atoms with van der Waals surface area (Å²) in [5, 5.41) is 3.40. The van der Waals surface area contributed by atoms with Crippen molar-refractivity contribution in [2.45, 2.75) is 33.2 Å². The van der Waals surface area contributed by atoms with Gasteiger partial charge in [0.1, 0.15) is 12.4 Å². The number of carbonyl (C=O) groups excluding carboxylic acids is 1. The van der Waals surface area contributed by atoms with Crippen molar-refractivity contribution >= 4 is 23.2 Å². The average Bonchev–Trinajstić information content (AvgIpc) is 2.69. The van der Waals surface area contributed by atoms with E-state index in [1.807, 2.05) is 37.3 Å². The number of amides is 1. The zero-order valence-corrected chi connectivity index (χ0v) is 16.7. The number of hydrogen-bond acceptors (Lipinski definition) is 3. The van der Waals surface area contributed by atoms with Gasteiger partial charge in [0.05, 0.1) is 0 Å². The van der Waals surface area contributed by atoms with E-state index in [0.717, 1.165) is 12.0 Å². The first-order valence-corrected chi connectivity index (χ1v) is 9.63. The molecule has 1 heterocycles. The highest BCUT2D eigenvalue weighted by atomic mass is 35.5. The van der Waals surface area contributed by atoms with Gasteiger partial charge in [0.25, 0.3) is 5.56 Å². The summed E-state index contributed by atoms with van der Waals surface area (Å²) in [6.45, 7) is 3.86. The summed E-state index contributed by atoms with van der Waals surface area (Å²) in [6, 6.07) is 16.2. The Morgan fingerprint density at radius 2 is 1.86 bits per heavy atom. The quantitative estimate of drug-likeness (QED) is 0.675. The zero-order valence-electron chi connectivity index (χ0n) is 15.9. The van der Waals surface area contributed by atoms with Gasteiger partial charge >= 0.3 is 0 Å². The molecule has 1 aromatic heterocycles. The van der Waals surface area contributed by atoms with Crippen LogP contribution in [0.1, 0.15) is 25.1 Å². The molecule has 6 heteroatoms. The first kappa shape index (κ1) is 19.8. The van der Waals surface area contributed by atoms with Gasteiger partial charge in [-0.15, -0.1) is 0 Å². The summed E-state index contributed by atoms with van der Waals surface area (Å²) < 4.78 is 1.38. The van der Waals surface area contributed by atoms with Gasteiger partial charge in [0.15, 0.2) is 0 Å². The first-order chi connectivity index (χ1) is 13.5. The molecule has 28 heavy (non-hydrogen) atoms. The van der Waals surface area contributed by atoms with E-state index in [1.54, 1.807) is 18.2 Å². The standard InChI is InChI=1S/C22H22ClN3O2/c1-3-15-7-5-10-19(11-15)24-20(27)14-26-21(28)13-18(4-2)25-22(26)16-8-6-9-17(23)12-16/h5-13H,3-4,14H2,1-2H3,(H,24,27). The number of hydrogen-bond donors (Lipinski definition) is 1. The smallest absolute Gasteiger partial charge is 0.254 e. The van der Waals surface area contributed by atoms with Gasteiger partial charge in [0, 0.05) is 28.0 Å². The lowest BCUT2D eigenvalue weighted by Crippen LogP contribution is -2.30. The predicted molar refractivity (Wildman–Crippen MR) is 113 cm³/mol. The number of nitrogens with zero attached hydrogens (tertiary/aromatic N) is 2. The van der Waals surface area contributed by atoms with E-state index < -0.39 is 0 Å². The Hall–Kier alpha value is -2.92. The van der Waals surface area contributed by atoms with Crippen LogP contribution in [0.2, 0.25) is 5.02 Å². The highest BCUT2D eigenvalue weighted by Gasteiger charge is 2.14. The minimum atomic E-state index is -0.287. The molecule has 0 aliphatic rings. The minimum absolute atomic E-state index is 0.131. The maximum absolute atomic E-state index is 12.7. The SMILES string of the molecule is CCc1cccc(NC(=O)Cn2c(-c3cccc(Cl)c3)nc(CC)cc2=O)c1. The van der Waals surface area contributed by atoms with E-state index in [1.165, 1.54) is 10.6 Å². The summed E-state index contributed by atoms with van der Waals surface area (Å²) in [7, 11) is 0. The molecule has 0 radical (unpaired) electrons. The Labute approximate surface area is 169 Å². The molecule has 0 aliphatic carbocycles. The van der Waals surface area contributed by atoms with Crippen LogP contribution in [0, 0.1) is 0 Å². The van der Waals surface area contributed by atoms with Gasteiger partial charge in [-0.05, 0) is 42.7 Å². The van der Waals surface area contributed by atoms with Crippen molar-refractivity contribution in [1.29, 1.82) is 0 Å². The minimum Gasteiger partial charge on any atom is -0.325 e. The van der Waals surface area contributed by atoms with E-state index in [9.17, 15) is 9.59 Å². The van der Waals surface area contributed by atoms with Crippen molar-refractivity contribution in [2.24, 2.45) is 0 Å². The maximum Gasteiger partial charge on any atom is 0.254 e. The highest BCUT2D eigenvalue weighted by Crippen LogP contribution is 2.21. The van der Waals surface area contributed by atoms with E-state index in [4.69, 9.17) is 11.6 Å². The molecule has 144 valence electrons. The second-order valence-electron chi connectivity index (χ2n) is 6.46. The topological polar surface area (TPSA) is 64.0 Å². The van der Waals surface area contributed by atoms with Crippen LogP contribution in [0.3, 0.4) is 0 Å². The molecular formula is C22H22ClN3O2. The number of rotatable bonds is 6. The Kier molecular flexibility index (Phi) is 6.26. The molecule has 1 amide bonds. The van der Waals surface area contributed by atoms with Crippen molar-refractivity contribution < 1.29 is 4.79 Å². The van der Waals surface area contributed by atoms with Gasteiger partial charge in [-0.25, -0.2) is 4.98 Å². The Bertz CT molecular complexity index is 1060. The monoisotopic (exact) mass is 395 g/mol. The van der Waals surface area contributed by atoms with Crippen LogP contribution in [-0.4, -0.2) is 15.5 Å². The molecule has 2 aromatic carbocycles. The van der Waals surface area contributed by atoms with Gasteiger partial charge in [-0.3, -0.25) is 14.2 Å². The predicted octanol–water partition coefficient (Wildman–Crippen LogP) is 4.33. The fourth-order valence-electron chi connectivity index (χ4n) is 2.95. The molecule has 0 fully saturated rings. The van der Waals surface area contributed by atoms with Crippen LogP contribution in [0.5, 0.6) is 0 Å². The number of benzene rings is 2. The van der Waals surface area contributed by atoms with Gasteiger partial charge < -0.3 is 5.32 Å². The molecule has 0 aliphatic heterocycles. The van der Waals surface area contributed by atoms with E-state index in [2.05, 4.69) is 17.2 Å². The molecule has 0 atom stereocenters. The molecule has 0 spiro atoms. The molecule has 0 saturated heterocycles. The van der Waals surface area contributed by atoms with Crippen molar-refractivity contribution in [3.8, 4) is 11.4 Å². The molecule has 0 bridgehead atoms. The average molecular weight is 396 g/mol. The Morgan fingerprint density at radius 1 is 1.07 bits per heavy atom. The lowest BCUT2D eigenvalue weighted by molar-refractivity contribution is -0.116. The number of nitrogens with one attached hydrogen (secondary N) is 1. The van der Waals surface area contributed by atoms with Gasteiger partial charge in [0.2, 0.25) is 5.91 Å². The lowest BCUT2D eigenvalue weighted by Gasteiger charge is -2.14. The summed E-state index contributed by atoms with van der Waals surface area (Å²) in [5.74, 6) is 0.147. The van der Waals surface area contributed by atoms with E-state index in [0.29, 0.717) is 34.2 Å². The van der Waals surface area contributed by atoms with Crippen molar-refractivity contribution in [3.63, 3.8) is 0 Å². The molecule has 0 unspecified atom stereocenters. The second-order valence-corrected chi connectivity index (χ2v) is 6.90. The zero-order chi connectivity index (χ0) is 20.1. The van der Waals surface area contributed by atoms with Crippen LogP contribution >= 0.6 is 11.6 Å². The van der Waals surface area contributed by atoms with Crippen molar-refractivity contribution in [2.75, 3.05) is 5.32 Å². The molecule has 1 N–H and O–H groups in total. The summed E-state index contributed by atoms with van der Waals surface area (Å²) >= 11 is 6.11. The maximum atomic E-state index is 12.7. The normalized spacial score (nSPS) is 10.7. The summed E-state index contributed by atoms with van der Waals surface area (Å²) in [5.41, 5.74) is 2.94. The van der Waals surface area contributed by atoms with Gasteiger partial charge in [-0.1, -0.05) is 49.7 Å². The molecule has 3 rings (SSSR count). The third-order valence-electron chi connectivity index (χ3n) is 4.43. The van der Waals surface area contributed by atoms with Crippen LogP contribution in [-0.2, 0) is 24.2 Å². The number of carbonyl (C=O) groups is 1. The fraction of sp³-hybridized carbons (Fsp3) is 0.227. The third-order valence-corrected chi connectivity index (χ3v) is 4.66. The van der Waals surface area contributed by atoms with E-state index >= 15 is 0 Å². The number of aryl methyl sites for hydroxylation is 2. The summed E-state index contributed by atoms with van der Waals surface area (Å²) in [6.07, 6.45) is 1.50. The van der Waals surface area contributed by atoms with Crippen molar-refractivity contribution in [3.05, 3.63) is 81.2 Å².